The fraction of sp³-hybridized carbons (Fsp3) is 0.429. The fourth-order valence-corrected chi connectivity index (χ4v) is 2.50. The predicted molar refractivity (Wildman–Crippen MR) is 75.4 cm³/mol. The number of nitrogens with zero attached hydrogens (tertiary/aromatic N) is 2. The van der Waals surface area contributed by atoms with Crippen LogP contribution in [0.25, 0.3) is 11.0 Å². The van der Waals surface area contributed by atoms with E-state index < -0.39 is 0 Å². The van der Waals surface area contributed by atoms with Crippen LogP contribution in [0, 0.1) is 5.92 Å². The minimum absolute atomic E-state index is 0.0388. The number of aryl methyl sites for hydroxylation is 1. The van der Waals surface area contributed by atoms with E-state index in [-0.39, 0.29) is 11.9 Å². The second kappa shape index (κ2) is 4.53. The minimum Gasteiger partial charge on any atom is -0.349 e. The van der Waals surface area contributed by atoms with Gasteiger partial charge in [0.25, 0.3) is 5.91 Å². The van der Waals surface area contributed by atoms with Crippen molar-refractivity contribution in [3.05, 3.63) is 29.0 Å². The predicted octanol–water partition coefficient (Wildman–Crippen LogP) is 2.76. The Hall–Kier alpha value is -1.55. The summed E-state index contributed by atoms with van der Waals surface area (Å²) in [5, 5.41) is 3.47. The molecule has 1 aliphatic carbocycles. The molecule has 0 saturated heterocycles. The van der Waals surface area contributed by atoms with Crippen molar-refractivity contribution in [2.75, 3.05) is 0 Å². The quantitative estimate of drug-likeness (QED) is 0.938. The molecular formula is C14H16ClN3O. The standard InChI is InChI=1S/C14H16ClN3O/c1-8(9-3-4-9)16-13(19)10-5-6-12-11(7-10)17-14(15)18(12)2/h5-9H,3-4H2,1-2H3,(H,16,19)/t8-/m1/s1. The molecule has 100 valence electrons. The molecule has 1 amide bonds. The highest BCUT2D eigenvalue weighted by Gasteiger charge is 2.29. The molecule has 1 heterocycles. The summed E-state index contributed by atoms with van der Waals surface area (Å²) in [7, 11) is 1.85. The lowest BCUT2D eigenvalue weighted by Gasteiger charge is -2.12. The number of carbonyl (C=O) groups excluding carboxylic acids is 1. The monoisotopic (exact) mass is 277 g/mol. The van der Waals surface area contributed by atoms with Crippen molar-refractivity contribution >= 4 is 28.5 Å². The zero-order valence-electron chi connectivity index (χ0n) is 11.0. The third kappa shape index (κ3) is 2.32. The van der Waals surface area contributed by atoms with E-state index in [1.165, 1.54) is 12.8 Å². The van der Waals surface area contributed by atoms with Gasteiger partial charge in [0.05, 0.1) is 11.0 Å². The molecule has 2 aromatic rings. The summed E-state index contributed by atoms with van der Waals surface area (Å²) < 4.78 is 1.80. The first-order chi connectivity index (χ1) is 9.06. The number of hydrogen-bond acceptors (Lipinski definition) is 2. The third-order valence-electron chi connectivity index (χ3n) is 3.78. The third-order valence-corrected chi connectivity index (χ3v) is 4.11. The molecule has 5 heteroatoms. The molecule has 1 fully saturated rings. The number of halogens is 1. The number of rotatable bonds is 3. The molecule has 1 N–H and O–H groups in total. The Morgan fingerprint density at radius 1 is 1.53 bits per heavy atom. The molecule has 1 saturated carbocycles. The van der Waals surface area contributed by atoms with E-state index in [1.54, 1.807) is 10.6 Å². The second-order valence-corrected chi connectivity index (χ2v) is 5.58. The Labute approximate surface area is 116 Å². The molecule has 1 aromatic heterocycles. The van der Waals surface area contributed by atoms with Crippen LogP contribution in [0.3, 0.4) is 0 Å². The van der Waals surface area contributed by atoms with Crippen LogP contribution in [-0.2, 0) is 7.05 Å². The average Bonchev–Trinajstić information content (AvgIpc) is 3.18. The van der Waals surface area contributed by atoms with Gasteiger partial charge in [-0.05, 0) is 55.5 Å². The molecule has 1 aromatic carbocycles. The zero-order chi connectivity index (χ0) is 13.6. The summed E-state index contributed by atoms with van der Waals surface area (Å²) in [6, 6.07) is 5.73. The van der Waals surface area contributed by atoms with E-state index in [2.05, 4.69) is 17.2 Å². The average molecular weight is 278 g/mol. The van der Waals surface area contributed by atoms with E-state index in [1.807, 2.05) is 19.2 Å². The second-order valence-electron chi connectivity index (χ2n) is 5.24. The molecule has 0 unspecified atom stereocenters. The van der Waals surface area contributed by atoms with Crippen molar-refractivity contribution in [2.45, 2.75) is 25.8 Å². The maximum absolute atomic E-state index is 12.1. The molecule has 1 atom stereocenters. The van der Waals surface area contributed by atoms with Crippen LogP contribution in [0.1, 0.15) is 30.1 Å². The van der Waals surface area contributed by atoms with E-state index >= 15 is 0 Å². The van der Waals surface area contributed by atoms with E-state index in [0.717, 1.165) is 11.0 Å². The van der Waals surface area contributed by atoms with Gasteiger partial charge in [-0.15, -0.1) is 0 Å². The normalized spacial score (nSPS) is 16.6. The van der Waals surface area contributed by atoms with Gasteiger partial charge < -0.3 is 9.88 Å². The number of imidazole rings is 1. The van der Waals surface area contributed by atoms with Gasteiger partial charge in [0.15, 0.2) is 0 Å². The van der Waals surface area contributed by atoms with Crippen molar-refractivity contribution in [3.63, 3.8) is 0 Å². The highest BCUT2D eigenvalue weighted by atomic mass is 35.5. The lowest BCUT2D eigenvalue weighted by atomic mass is 10.1. The van der Waals surface area contributed by atoms with Crippen LogP contribution in [0.4, 0.5) is 0 Å². The van der Waals surface area contributed by atoms with E-state index in [0.29, 0.717) is 16.8 Å². The summed E-state index contributed by atoms with van der Waals surface area (Å²) in [6.45, 7) is 2.06. The number of carbonyl (C=O) groups is 1. The summed E-state index contributed by atoms with van der Waals surface area (Å²) in [6.07, 6.45) is 2.44. The van der Waals surface area contributed by atoms with E-state index in [4.69, 9.17) is 11.6 Å². The van der Waals surface area contributed by atoms with Gasteiger partial charge in [0.1, 0.15) is 0 Å². The van der Waals surface area contributed by atoms with Crippen molar-refractivity contribution in [3.8, 4) is 0 Å². The van der Waals surface area contributed by atoms with Gasteiger partial charge >= 0.3 is 0 Å². The Bertz CT molecular complexity index is 645. The van der Waals surface area contributed by atoms with Gasteiger partial charge in [-0.3, -0.25) is 4.79 Å². The first-order valence-corrected chi connectivity index (χ1v) is 6.87. The molecule has 0 bridgehead atoms. The van der Waals surface area contributed by atoms with Crippen LogP contribution in [0.5, 0.6) is 0 Å². The molecule has 1 aliphatic rings. The molecule has 3 rings (SSSR count). The number of aromatic nitrogens is 2. The smallest absolute Gasteiger partial charge is 0.251 e. The number of hydrogen-bond donors (Lipinski definition) is 1. The number of amides is 1. The molecular weight excluding hydrogens is 262 g/mol. The van der Waals surface area contributed by atoms with Gasteiger partial charge in [0, 0.05) is 18.7 Å². The van der Waals surface area contributed by atoms with Gasteiger partial charge in [-0.1, -0.05) is 0 Å². The molecule has 0 aliphatic heterocycles. The number of benzene rings is 1. The molecule has 4 nitrogen and oxygen atoms in total. The number of fused-ring (bicyclic) bond motifs is 1. The lowest BCUT2D eigenvalue weighted by Crippen LogP contribution is -2.33. The van der Waals surface area contributed by atoms with E-state index in [9.17, 15) is 4.79 Å². The van der Waals surface area contributed by atoms with Gasteiger partial charge in [-0.25, -0.2) is 4.98 Å². The Balaban J connectivity index is 1.85. The van der Waals surface area contributed by atoms with Crippen molar-refractivity contribution < 1.29 is 4.79 Å². The van der Waals surface area contributed by atoms with Gasteiger partial charge in [0.2, 0.25) is 5.28 Å². The van der Waals surface area contributed by atoms with Gasteiger partial charge in [-0.2, -0.15) is 0 Å². The maximum atomic E-state index is 12.1. The Kier molecular flexibility index (Phi) is 2.97. The summed E-state index contributed by atoms with van der Waals surface area (Å²) in [4.78, 5) is 16.4. The maximum Gasteiger partial charge on any atom is 0.251 e. The molecule has 0 spiro atoms. The molecule has 19 heavy (non-hydrogen) atoms. The van der Waals surface area contributed by atoms with Crippen LogP contribution >= 0.6 is 11.6 Å². The van der Waals surface area contributed by atoms with Crippen molar-refractivity contribution in [1.29, 1.82) is 0 Å². The zero-order valence-corrected chi connectivity index (χ0v) is 11.7. The summed E-state index contributed by atoms with van der Waals surface area (Å²) >= 11 is 5.97. The summed E-state index contributed by atoms with van der Waals surface area (Å²) in [5.41, 5.74) is 2.31. The first kappa shape index (κ1) is 12.5. The SMILES string of the molecule is C[C@@H](NC(=O)c1ccc2c(c1)nc(Cl)n2C)C1CC1. The first-order valence-electron chi connectivity index (χ1n) is 6.49. The van der Waals surface area contributed by atoms with Crippen LogP contribution < -0.4 is 5.32 Å². The highest BCUT2D eigenvalue weighted by Crippen LogP contribution is 2.32. The Morgan fingerprint density at radius 2 is 2.26 bits per heavy atom. The van der Waals surface area contributed by atoms with Crippen molar-refractivity contribution in [2.24, 2.45) is 13.0 Å². The fourth-order valence-electron chi connectivity index (χ4n) is 2.32. The largest absolute Gasteiger partial charge is 0.349 e. The summed E-state index contributed by atoms with van der Waals surface area (Å²) in [5.74, 6) is 0.611. The highest BCUT2D eigenvalue weighted by molar-refractivity contribution is 6.29. The minimum atomic E-state index is -0.0388. The molecule has 0 radical (unpaired) electrons. The van der Waals surface area contributed by atoms with Crippen LogP contribution in [0.2, 0.25) is 5.28 Å². The van der Waals surface area contributed by atoms with Crippen LogP contribution in [0.15, 0.2) is 18.2 Å². The topological polar surface area (TPSA) is 46.9 Å². The Morgan fingerprint density at radius 3 is 2.95 bits per heavy atom. The van der Waals surface area contributed by atoms with Crippen molar-refractivity contribution in [1.82, 2.24) is 14.9 Å². The van der Waals surface area contributed by atoms with Crippen LogP contribution in [-0.4, -0.2) is 21.5 Å². The lowest BCUT2D eigenvalue weighted by molar-refractivity contribution is 0.0936. The number of nitrogens with one attached hydrogen (secondary N) is 1.